The molecule has 3 N–H and O–H groups in total. The minimum absolute atomic E-state index is 0.157. The number of nitrogens with one attached hydrogen (secondary N) is 3. The highest BCUT2D eigenvalue weighted by Crippen LogP contribution is 2.20. The number of benzene rings is 1. The second-order valence-corrected chi connectivity index (χ2v) is 5.78. The van der Waals surface area contributed by atoms with E-state index in [1.165, 1.54) is 11.9 Å². The van der Waals surface area contributed by atoms with Gasteiger partial charge < -0.3 is 10.3 Å². The molecule has 2 aromatic rings. The van der Waals surface area contributed by atoms with Crippen LogP contribution in [-0.4, -0.2) is 34.6 Å². The molecule has 7 heteroatoms. The summed E-state index contributed by atoms with van der Waals surface area (Å²) in [6.07, 6.45) is 1.01. The Bertz CT molecular complexity index is 510. The molecule has 19 heavy (non-hydrogen) atoms. The summed E-state index contributed by atoms with van der Waals surface area (Å²) < 4.78 is 2.69. The van der Waals surface area contributed by atoms with Gasteiger partial charge in [0.2, 0.25) is 0 Å². The van der Waals surface area contributed by atoms with Crippen LogP contribution in [0.3, 0.4) is 0 Å². The molecule has 0 aliphatic heterocycles. The van der Waals surface area contributed by atoms with Crippen LogP contribution < -0.4 is 10.0 Å². The quantitative estimate of drug-likeness (QED) is 0.435. The number of carbonyl (C=O) groups excluding carboxylic acids is 1. The van der Waals surface area contributed by atoms with Crippen molar-refractivity contribution < 1.29 is 4.79 Å². The van der Waals surface area contributed by atoms with Crippen molar-refractivity contribution in [3.63, 3.8) is 0 Å². The van der Waals surface area contributed by atoms with Crippen molar-refractivity contribution in [2.75, 3.05) is 18.6 Å². The molecule has 0 radical (unpaired) electrons. The van der Waals surface area contributed by atoms with Crippen molar-refractivity contribution >= 4 is 40.8 Å². The van der Waals surface area contributed by atoms with E-state index in [2.05, 4.69) is 20.0 Å². The summed E-state index contributed by atoms with van der Waals surface area (Å²) in [4.78, 5) is 18.7. The predicted molar refractivity (Wildman–Crippen MR) is 81.5 cm³/mol. The number of para-hydroxylation sites is 2. The fourth-order valence-electron chi connectivity index (χ4n) is 1.47. The number of aromatic nitrogens is 2. The number of carbonyl (C=O) groups is 1. The van der Waals surface area contributed by atoms with Gasteiger partial charge in [-0.3, -0.25) is 4.72 Å². The monoisotopic (exact) mass is 296 g/mol. The van der Waals surface area contributed by atoms with E-state index in [1.54, 1.807) is 18.8 Å². The Labute approximate surface area is 120 Å². The fraction of sp³-hybridized carbons (Fsp3) is 0.333. The molecule has 5 nitrogen and oxygen atoms in total. The summed E-state index contributed by atoms with van der Waals surface area (Å²) in [5.74, 6) is 1.86. The van der Waals surface area contributed by atoms with Gasteiger partial charge >= 0.3 is 6.03 Å². The Morgan fingerprint density at radius 3 is 3.00 bits per heavy atom. The number of hydrogen-bond donors (Lipinski definition) is 3. The number of amides is 2. The van der Waals surface area contributed by atoms with E-state index in [9.17, 15) is 4.79 Å². The molecule has 1 aromatic heterocycles. The topological polar surface area (TPSA) is 69.8 Å². The number of nitrogens with zero attached hydrogens (tertiary/aromatic N) is 1. The molecule has 0 aliphatic rings. The molecule has 0 atom stereocenters. The second-order valence-electron chi connectivity index (χ2n) is 3.79. The summed E-state index contributed by atoms with van der Waals surface area (Å²) in [7, 11) is 1.60. The number of hydrogen-bond acceptors (Lipinski definition) is 4. The summed E-state index contributed by atoms with van der Waals surface area (Å²) in [6.45, 7) is 0. The van der Waals surface area contributed by atoms with Crippen LogP contribution in [0, 0.1) is 0 Å². The number of H-pyrrole nitrogens is 1. The van der Waals surface area contributed by atoms with Gasteiger partial charge in [0, 0.05) is 18.6 Å². The normalized spacial score (nSPS) is 10.6. The molecule has 0 spiro atoms. The van der Waals surface area contributed by atoms with Gasteiger partial charge in [-0.2, -0.15) is 0 Å². The van der Waals surface area contributed by atoms with Gasteiger partial charge in [0.15, 0.2) is 5.16 Å². The van der Waals surface area contributed by atoms with E-state index in [1.807, 2.05) is 24.3 Å². The highest BCUT2D eigenvalue weighted by atomic mass is 32.2. The van der Waals surface area contributed by atoms with Gasteiger partial charge in [0.1, 0.15) is 0 Å². The molecule has 0 unspecified atom stereocenters. The van der Waals surface area contributed by atoms with Crippen LogP contribution in [0.5, 0.6) is 0 Å². The minimum atomic E-state index is -0.157. The SMILES string of the molecule is CNC(=O)NSCCCSc1nc2ccccc2[nH]1. The molecule has 1 heterocycles. The zero-order valence-electron chi connectivity index (χ0n) is 10.6. The van der Waals surface area contributed by atoms with E-state index in [-0.39, 0.29) is 6.03 Å². The molecule has 0 saturated carbocycles. The molecule has 1 aromatic carbocycles. The molecular formula is C12H16N4OS2. The average molecular weight is 296 g/mol. The lowest BCUT2D eigenvalue weighted by Crippen LogP contribution is -2.27. The van der Waals surface area contributed by atoms with Crippen LogP contribution >= 0.6 is 23.7 Å². The Balaban J connectivity index is 1.67. The van der Waals surface area contributed by atoms with Crippen molar-refractivity contribution in [1.82, 2.24) is 20.0 Å². The Morgan fingerprint density at radius 1 is 1.37 bits per heavy atom. The van der Waals surface area contributed by atoms with Gasteiger partial charge in [-0.25, -0.2) is 9.78 Å². The molecule has 102 valence electrons. The summed E-state index contributed by atoms with van der Waals surface area (Å²) in [5, 5.41) is 3.46. The maximum atomic E-state index is 10.9. The van der Waals surface area contributed by atoms with Gasteiger partial charge in [-0.05, 0) is 30.5 Å². The Kier molecular flexibility index (Phi) is 5.41. The molecule has 0 saturated heterocycles. The Hall–Kier alpha value is -1.34. The van der Waals surface area contributed by atoms with Crippen molar-refractivity contribution in [2.24, 2.45) is 0 Å². The maximum Gasteiger partial charge on any atom is 0.324 e. The van der Waals surface area contributed by atoms with Crippen molar-refractivity contribution in [1.29, 1.82) is 0 Å². The molecular weight excluding hydrogens is 280 g/mol. The first-order chi connectivity index (χ1) is 9.29. The number of fused-ring (bicyclic) bond motifs is 1. The largest absolute Gasteiger partial charge is 0.341 e. The highest BCUT2D eigenvalue weighted by Gasteiger charge is 2.02. The summed E-state index contributed by atoms with van der Waals surface area (Å²) >= 11 is 3.12. The average Bonchev–Trinajstić information content (AvgIpc) is 2.84. The first kappa shape index (κ1) is 14.1. The first-order valence-electron chi connectivity index (χ1n) is 5.96. The van der Waals surface area contributed by atoms with Gasteiger partial charge in [0.05, 0.1) is 11.0 Å². The molecule has 2 rings (SSSR count). The number of urea groups is 1. The minimum Gasteiger partial charge on any atom is -0.341 e. The van der Waals surface area contributed by atoms with Crippen molar-refractivity contribution in [3.05, 3.63) is 24.3 Å². The third-order valence-electron chi connectivity index (χ3n) is 2.39. The standard InChI is InChI=1S/C12H16N4OS2/c1-13-11(17)16-19-8-4-7-18-12-14-9-5-2-3-6-10(9)15-12/h2-3,5-6H,4,7-8H2,1H3,(H,14,15)(H2,13,16,17). The zero-order chi connectivity index (χ0) is 13.5. The lowest BCUT2D eigenvalue weighted by Gasteiger charge is -2.02. The molecule has 0 fully saturated rings. The van der Waals surface area contributed by atoms with E-state index >= 15 is 0 Å². The van der Waals surface area contributed by atoms with Crippen LogP contribution in [0.4, 0.5) is 4.79 Å². The molecule has 0 bridgehead atoms. The summed E-state index contributed by atoms with van der Waals surface area (Å²) in [5.41, 5.74) is 2.07. The van der Waals surface area contributed by atoms with Crippen LogP contribution in [0.1, 0.15) is 6.42 Å². The van der Waals surface area contributed by atoms with Gasteiger partial charge in [0.25, 0.3) is 0 Å². The second kappa shape index (κ2) is 7.30. The predicted octanol–water partition coefficient (Wildman–Crippen LogP) is 2.62. The fourth-order valence-corrected chi connectivity index (χ4v) is 3.10. The van der Waals surface area contributed by atoms with E-state index in [0.29, 0.717) is 0 Å². The first-order valence-corrected chi connectivity index (χ1v) is 7.94. The highest BCUT2D eigenvalue weighted by molar-refractivity contribution is 7.99. The van der Waals surface area contributed by atoms with Crippen LogP contribution in [0.2, 0.25) is 0 Å². The van der Waals surface area contributed by atoms with Crippen molar-refractivity contribution in [2.45, 2.75) is 11.6 Å². The summed E-state index contributed by atoms with van der Waals surface area (Å²) in [6, 6.07) is 7.85. The van der Waals surface area contributed by atoms with E-state index in [0.717, 1.165) is 34.1 Å². The zero-order valence-corrected chi connectivity index (χ0v) is 12.2. The van der Waals surface area contributed by atoms with Crippen LogP contribution in [-0.2, 0) is 0 Å². The molecule has 0 aliphatic carbocycles. The Morgan fingerprint density at radius 2 is 2.21 bits per heavy atom. The van der Waals surface area contributed by atoms with E-state index < -0.39 is 0 Å². The third-order valence-corrected chi connectivity index (χ3v) is 4.17. The number of aromatic amines is 1. The van der Waals surface area contributed by atoms with Gasteiger partial charge in [-0.1, -0.05) is 23.9 Å². The smallest absolute Gasteiger partial charge is 0.324 e. The molecule has 2 amide bonds. The van der Waals surface area contributed by atoms with Gasteiger partial charge in [-0.15, -0.1) is 0 Å². The van der Waals surface area contributed by atoms with Crippen LogP contribution in [0.15, 0.2) is 29.4 Å². The number of rotatable bonds is 6. The number of thioether (sulfide) groups is 1. The lowest BCUT2D eigenvalue weighted by molar-refractivity contribution is 0.248. The number of imidazole rings is 1. The van der Waals surface area contributed by atoms with Crippen LogP contribution in [0.25, 0.3) is 11.0 Å². The third kappa shape index (κ3) is 4.36. The van der Waals surface area contributed by atoms with Crippen molar-refractivity contribution in [3.8, 4) is 0 Å². The lowest BCUT2D eigenvalue weighted by atomic mass is 10.3. The maximum absolute atomic E-state index is 10.9. The van der Waals surface area contributed by atoms with E-state index in [4.69, 9.17) is 0 Å².